The number of esters is 1. The molecule has 0 saturated carbocycles. The predicted molar refractivity (Wildman–Crippen MR) is 98.3 cm³/mol. The summed E-state index contributed by atoms with van der Waals surface area (Å²) in [5, 5.41) is 6.57. The van der Waals surface area contributed by atoms with Crippen LogP contribution in [0.25, 0.3) is 5.69 Å². The molecular formula is C20H17F2N3O3. The summed E-state index contributed by atoms with van der Waals surface area (Å²) in [6.07, 6.45) is 0. The molecule has 28 heavy (non-hydrogen) atoms. The third-order valence-corrected chi connectivity index (χ3v) is 4.04. The molecule has 0 fully saturated rings. The highest BCUT2D eigenvalue weighted by atomic mass is 19.1. The van der Waals surface area contributed by atoms with E-state index >= 15 is 0 Å². The second kappa shape index (κ2) is 7.99. The van der Waals surface area contributed by atoms with Gasteiger partial charge in [0.1, 0.15) is 17.2 Å². The van der Waals surface area contributed by atoms with Crippen LogP contribution in [-0.4, -0.2) is 28.3 Å². The standard InChI is InChI=1S/C20H17F2N3O3/c1-12-19(13(2)25(24-12)15-6-4-3-5-7-15)20(27)28-11-18(26)23-17-9-8-14(21)10-16(17)22/h3-10H,11H2,1-2H3,(H,23,26). The second-order valence-corrected chi connectivity index (χ2v) is 6.04. The molecule has 0 spiro atoms. The average Bonchev–Trinajstić information content (AvgIpc) is 2.97. The van der Waals surface area contributed by atoms with Gasteiger partial charge in [-0.2, -0.15) is 5.10 Å². The number of aromatic nitrogens is 2. The molecule has 0 atom stereocenters. The maximum Gasteiger partial charge on any atom is 0.342 e. The number of hydrogen-bond acceptors (Lipinski definition) is 4. The molecule has 6 nitrogen and oxygen atoms in total. The number of nitrogens with zero attached hydrogens (tertiary/aromatic N) is 2. The number of benzene rings is 2. The van der Waals surface area contributed by atoms with Crippen LogP contribution in [0.2, 0.25) is 0 Å². The Morgan fingerprint density at radius 3 is 2.50 bits per heavy atom. The molecule has 1 amide bonds. The lowest BCUT2D eigenvalue weighted by atomic mass is 10.2. The Labute approximate surface area is 159 Å². The first-order valence-corrected chi connectivity index (χ1v) is 8.40. The van der Waals surface area contributed by atoms with Gasteiger partial charge in [-0.05, 0) is 38.1 Å². The zero-order valence-electron chi connectivity index (χ0n) is 15.2. The van der Waals surface area contributed by atoms with Gasteiger partial charge < -0.3 is 10.1 Å². The Kier molecular flexibility index (Phi) is 5.49. The van der Waals surface area contributed by atoms with E-state index in [9.17, 15) is 18.4 Å². The molecule has 1 N–H and O–H groups in total. The van der Waals surface area contributed by atoms with Crippen molar-refractivity contribution >= 4 is 17.6 Å². The molecule has 0 bridgehead atoms. The fourth-order valence-electron chi connectivity index (χ4n) is 2.74. The second-order valence-electron chi connectivity index (χ2n) is 6.04. The van der Waals surface area contributed by atoms with Gasteiger partial charge in [-0.1, -0.05) is 18.2 Å². The van der Waals surface area contributed by atoms with Crippen LogP contribution in [0, 0.1) is 25.5 Å². The van der Waals surface area contributed by atoms with Gasteiger partial charge in [0.2, 0.25) is 0 Å². The average molecular weight is 385 g/mol. The van der Waals surface area contributed by atoms with Crippen molar-refractivity contribution in [1.82, 2.24) is 9.78 Å². The number of nitrogens with one attached hydrogen (secondary N) is 1. The number of rotatable bonds is 5. The monoisotopic (exact) mass is 385 g/mol. The van der Waals surface area contributed by atoms with E-state index in [1.54, 1.807) is 18.5 Å². The lowest BCUT2D eigenvalue weighted by Crippen LogP contribution is -2.22. The third kappa shape index (κ3) is 4.06. The van der Waals surface area contributed by atoms with E-state index in [-0.39, 0.29) is 11.3 Å². The molecule has 144 valence electrons. The molecule has 2 aromatic carbocycles. The summed E-state index contributed by atoms with van der Waals surface area (Å²) in [4.78, 5) is 24.3. The molecule has 0 radical (unpaired) electrons. The molecule has 0 saturated heterocycles. The van der Waals surface area contributed by atoms with Crippen molar-refractivity contribution in [3.63, 3.8) is 0 Å². The van der Waals surface area contributed by atoms with Crippen molar-refractivity contribution in [2.24, 2.45) is 0 Å². The first kappa shape index (κ1) is 19.2. The number of anilines is 1. The van der Waals surface area contributed by atoms with Gasteiger partial charge in [-0.25, -0.2) is 18.3 Å². The number of ether oxygens (including phenoxy) is 1. The molecule has 3 rings (SSSR count). The SMILES string of the molecule is Cc1nn(-c2ccccc2)c(C)c1C(=O)OCC(=O)Nc1ccc(F)cc1F. The van der Waals surface area contributed by atoms with E-state index in [1.165, 1.54) is 0 Å². The minimum Gasteiger partial charge on any atom is -0.452 e. The molecule has 0 aliphatic rings. The van der Waals surface area contributed by atoms with Crippen molar-refractivity contribution in [3.05, 3.63) is 77.1 Å². The molecule has 0 unspecified atom stereocenters. The van der Waals surface area contributed by atoms with E-state index in [1.807, 2.05) is 30.3 Å². The van der Waals surface area contributed by atoms with Crippen LogP contribution in [0.5, 0.6) is 0 Å². The topological polar surface area (TPSA) is 73.2 Å². The van der Waals surface area contributed by atoms with Gasteiger partial charge in [0.05, 0.1) is 22.8 Å². The van der Waals surface area contributed by atoms with Crippen LogP contribution in [0.1, 0.15) is 21.7 Å². The molecule has 8 heteroatoms. The fourth-order valence-corrected chi connectivity index (χ4v) is 2.74. The van der Waals surface area contributed by atoms with Crippen LogP contribution in [0.15, 0.2) is 48.5 Å². The summed E-state index contributed by atoms with van der Waals surface area (Å²) >= 11 is 0. The number of carbonyl (C=O) groups is 2. The van der Waals surface area contributed by atoms with Crippen LogP contribution >= 0.6 is 0 Å². The minimum atomic E-state index is -0.921. The number of amides is 1. The lowest BCUT2D eigenvalue weighted by Gasteiger charge is -2.08. The normalized spacial score (nSPS) is 10.6. The molecule has 0 aliphatic heterocycles. The number of para-hydroxylation sites is 1. The van der Waals surface area contributed by atoms with E-state index in [4.69, 9.17) is 4.74 Å². The van der Waals surface area contributed by atoms with Gasteiger partial charge in [-0.3, -0.25) is 4.79 Å². The maximum atomic E-state index is 13.6. The first-order chi connectivity index (χ1) is 13.4. The van der Waals surface area contributed by atoms with Crippen molar-refractivity contribution in [1.29, 1.82) is 0 Å². The Hall–Kier alpha value is -3.55. The van der Waals surface area contributed by atoms with E-state index < -0.39 is 30.1 Å². The predicted octanol–water partition coefficient (Wildman–Crippen LogP) is 3.56. The summed E-state index contributed by atoms with van der Waals surface area (Å²) in [6.45, 7) is 2.76. The summed E-state index contributed by atoms with van der Waals surface area (Å²) in [5.41, 5.74) is 1.86. The van der Waals surface area contributed by atoms with E-state index in [0.717, 1.165) is 17.8 Å². The summed E-state index contributed by atoms with van der Waals surface area (Å²) in [5.74, 6) is -3.14. The van der Waals surface area contributed by atoms with Crippen molar-refractivity contribution in [3.8, 4) is 5.69 Å². The lowest BCUT2D eigenvalue weighted by molar-refractivity contribution is -0.119. The summed E-state index contributed by atoms with van der Waals surface area (Å²) < 4.78 is 33.1. The van der Waals surface area contributed by atoms with Gasteiger partial charge in [0, 0.05) is 6.07 Å². The van der Waals surface area contributed by atoms with Crippen LogP contribution in [-0.2, 0) is 9.53 Å². The zero-order chi connectivity index (χ0) is 20.3. The number of hydrogen-bond donors (Lipinski definition) is 1. The highest BCUT2D eigenvalue weighted by Gasteiger charge is 2.21. The van der Waals surface area contributed by atoms with Crippen molar-refractivity contribution < 1.29 is 23.1 Å². The van der Waals surface area contributed by atoms with Crippen molar-refractivity contribution in [2.75, 3.05) is 11.9 Å². The van der Waals surface area contributed by atoms with E-state index in [0.29, 0.717) is 17.5 Å². The Balaban J connectivity index is 1.68. The highest BCUT2D eigenvalue weighted by Crippen LogP contribution is 2.19. The molecular weight excluding hydrogens is 368 g/mol. The summed E-state index contributed by atoms with van der Waals surface area (Å²) in [6, 6.07) is 12.0. The van der Waals surface area contributed by atoms with Crippen molar-refractivity contribution in [2.45, 2.75) is 13.8 Å². The minimum absolute atomic E-state index is 0.202. The van der Waals surface area contributed by atoms with Crippen LogP contribution in [0.4, 0.5) is 14.5 Å². The third-order valence-electron chi connectivity index (χ3n) is 4.04. The molecule has 0 aliphatic carbocycles. The van der Waals surface area contributed by atoms with Gasteiger partial charge >= 0.3 is 5.97 Å². The van der Waals surface area contributed by atoms with Crippen LogP contribution in [0.3, 0.4) is 0 Å². The number of carbonyl (C=O) groups excluding carboxylic acids is 2. The molecule has 1 heterocycles. The fraction of sp³-hybridized carbons (Fsp3) is 0.150. The van der Waals surface area contributed by atoms with Gasteiger partial charge in [0.15, 0.2) is 6.61 Å². The van der Waals surface area contributed by atoms with E-state index in [2.05, 4.69) is 10.4 Å². The van der Waals surface area contributed by atoms with Gasteiger partial charge in [0.25, 0.3) is 5.91 Å². The first-order valence-electron chi connectivity index (χ1n) is 8.40. The maximum absolute atomic E-state index is 13.6. The smallest absolute Gasteiger partial charge is 0.342 e. The number of halogens is 2. The summed E-state index contributed by atoms with van der Waals surface area (Å²) in [7, 11) is 0. The number of aryl methyl sites for hydroxylation is 1. The highest BCUT2D eigenvalue weighted by molar-refractivity contribution is 5.96. The van der Waals surface area contributed by atoms with Crippen LogP contribution < -0.4 is 5.32 Å². The van der Waals surface area contributed by atoms with Gasteiger partial charge in [-0.15, -0.1) is 0 Å². The molecule has 1 aromatic heterocycles. The Bertz CT molecular complexity index is 1030. The molecule has 3 aromatic rings. The largest absolute Gasteiger partial charge is 0.452 e. The Morgan fingerprint density at radius 2 is 1.82 bits per heavy atom. The Morgan fingerprint density at radius 1 is 1.11 bits per heavy atom. The zero-order valence-corrected chi connectivity index (χ0v) is 15.2. The quantitative estimate of drug-likeness (QED) is 0.682.